The third kappa shape index (κ3) is 8.17. The van der Waals surface area contributed by atoms with Crippen molar-refractivity contribution < 1.29 is 0 Å². The fourth-order valence-corrected chi connectivity index (χ4v) is 12.2. The van der Waals surface area contributed by atoms with Crippen molar-refractivity contribution in [2.45, 2.75) is 97.8 Å². The Morgan fingerprint density at radius 3 is 1.42 bits per heavy atom. The number of hydrogen-bond acceptors (Lipinski definition) is 4. The van der Waals surface area contributed by atoms with Crippen molar-refractivity contribution in [1.29, 1.82) is 5.26 Å². The predicted molar refractivity (Wildman–Crippen MR) is 329 cm³/mol. The SMILES string of the molecule is CC(C)(C)c1ccc2c(c1)c1cc3ccc1n2-c1ccc(-c2nc(-c4ccccc4)nc(-c4ccccc4)n2)cc1-c1ccc(c(-c2ccccc2C#N)c1)-n1c2ccc(C(C)(C)C)cc2c2cc(C(C)(C)C)c(cc21)C3(C)C. The van der Waals surface area contributed by atoms with E-state index in [4.69, 9.17) is 15.0 Å². The highest BCUT2D eigenvalue weighted by atomic mass is 15.0. The third-order valence-corrected chi connectivity index (χ3v) is 16.7. The normalized spacial score (nSPS) is 13.3. The van der Waals surface area contributed by atoms with Crippen LogP contribution in [0.15, 0.2) is 188 Å². The van der Waals surface area contributed by atoms with Crippen molar-refractivity contribution in [2.75, 3.05) is 0 Å². The summed E-state index contributed by atoms with van der Waals surface area (Å²) in [5, 5.41) is 15.8. The predicted octanol–water partition coefficient (Wildman–Crippen LogP) is 18.8. The Hall–Kier alpha value is -8.92. The number of nitrogens with zero attached hydrogens (tertiary/aromatic N) is 6. The second-order valence-corrected chi connectivity index (χ2v) is 25.3. The lowest BCUT2D eigenvalue weighted by molar-refractivity contribution is 0.551. The monoisotopic (exact) mass is 1020 g/mol. The number of aromatic nitrogens is 5. The van der Waals surface area contributed by atoms with Crippen molar-refractivity contribution in [2.24, 2.45) is 0 Å². The van der Waals surface area contributed by atoms with Gasteiger partial charge >= 0.3 is 0 Å². The summed E-state index contributed by atoms with van der Waals surface area (Å²) in [5.41, 5.74) is 19.2. The molecule has 386 valence electrons. The fourth-order valence-electron chi connectivity index (χ4n) is 12.2. The average molecular weight is 1030 g/mol. The molecule has 0 N–H and O–H groups in total. The van der Waals surface area contributed by atoms with Gasteiger partial charge < -0.3 is 9.13 Å². The van der Waals surface area contributed by atoms with Crippen LogP contribution in [0.5, 0.6) is 0 Å². The van der Waals surface area contributed by atoms with Gasteiger partial charge in [-0.15, -0.1) is 0 Å². The van der Waals surface area contributed by atoms with Gasteiger partial charge in [-0.05, 0) is 135 Å². The highest BCUT2D eigenvalue weighted by Gasteiger charge is 2.34. The van der Waals surface area contributed by atoms with Crippen LogP contribution in [-0.2, 0) is 21.7 Å². The van der Waals surface area contributed by atoms with Crippen LogP contribution in [0, 0.1) is 11.3 Å². The second-order valence-electron chi connectivity index (χ2n) is 25.3. The minimum absolute atomic E-state index is 0.0724. The molecule has 16 rings (SSSR count). The second kappa shape index (κ2) is 17.8. The van der Waals surface area contributed by atoms with Crippen LogP contribution in [0.2, 0.25) is 0 Å². The maximum Gasteiger partial charge on any atom is 0.164 e. The van der Waals surface area contributed by atoms with Crippen molar-refractivity contribution in [3.05, 3.63) is 221 Å². The van der Waals surface area contributed by atoms with E-state index in [1.165, 1.54) is 49.4 Å². The molecule has 3 aromatic heterocycles. The molecular weight excluding hydrogens is 961 g/mol. The van der Waals surface area contributed by atoms with Gasteiger partial charge in [0.2, 0.25) is 0 Å². The quantitative estimate of drug-likeness (QED) is 0.176. The van der Waals surface area contributed by atoms with E-state index in [9.17, 15) is 5.26 Å². The minimum atomic E-state index is -0.440. The van der Waals surface area contributed by atoms with Crippen LogP contribution in [-0.4, -0.2) is 24.1 Å². The Kier molecular flexibility index (Phi) is 11.2. The van der Waals surface area contributed by atoms with E-state index in [1.54, 1.807) is 0 Å². The third-order valence-electron chi connectivity index (χ3n) is 16.7. The zero-order valence-electron chi connectivity index (χ0n) is 47.1. The van der Waals surface area contributed by atoms with E-state index in [-0.39, 0.29) is 16.2 Å². The van der Waals surface area contributed by atoms with Crippen molar-refractivity contribution in [1.82, 2.24) is 24.1 Å². The first-order chi connectivity index (χ1) is 37.8. The highest BCUT2D eigenvalue weighted by Crippen LogP contribution is 2.49. The molecule has 0 spiro atoms. The number of rotatable bonds is 4. The number of nitriles is 1. The molecule has 9 aromatic carbocycles. The Labute approximate surface area is 463 Å². The molecule has 0 amide bonds. The molecule has 7 heterocycles. The molecule has 8 bridgehead atoms. The molecule has 79 heavy (non-hydrogen) atoms. The summed E-state index contributed by atoms with van der Waals surface area (Å²) >= 11 is 0. The summed E-state index contributed by atoms with van der Waals surface area (Å²) in [6.07, 6.45) is 0. The number of hydrogen-bond donors (Lipinski definition) is 0. The topological polar surface area (TPSA) is 72.3 Å². The molecule has 0 saturated carbocycles. The van der Waals surface area contributed by atoms with Gasteiger partial charge in [0.25, 0.3) is 0 Å². The molecule has 0 unspecified atom stereocenters. The summed E-state index contributed by atoms with van der Waals surface area (Å²) < 4.78 is 4.94. The summed E-state index contributed by atoms with van der Waals surface area (Å²) in [4.78, 5) is 15.6. The number of benzene rings is 9. The van der Waals surface area contributed by atoms with Crippen LogP contribution in [0.3, 0.4) is 0 Å². The van der Waals surface area contributed by atoms with E-state index in [0.29, 0.717) is 23.0 Å². The standard InChI is InChI=1S/C73H64N6/c1-70(2,3)49-28-33-63-55(38-49)57-40-51-30-35-64(57)78(63)61-32-27-47(69-76-67(44-20-14-12-15-21-44)75-68(77-69)45-22-16-13-17-23-45)37-53(61)46-26-31-62(54(36-46)52-25-19-18-24-48(52)43-74)79-65-34-29-50(71(4,5)6)39-56(65)58-41-59(72(7,8)9)60(42-66(58)79)73(51,10)11/h12-42H,1-11H3. The highest BCUT2D eigenvalue weighted by molar-refractivity contribution is 6.12. The molecule has 6 nitrogen and oxygen atoms in total. The first-order valence-electron chi connectivity index (χ1n) is 27.7. The van der Waals surface area contributed by atoms with Gasteiger partial charge in [-0.1, -0.05) is 179 Å². The first-order valence-corrected chi connectivity index (χ1v) is 27.7. The molecule has 6 heteroatoms. The molecule has 4 aliphatic heterocycles. The Balaban J connectivity index is 1.21. The van der Waals surface area contributed by atoms with E-state index in [2.05, 4.69) is 231 Å². The lowest BCUT2D eigenvalue weighted by Crippen LogP contribution is -2.25. The maximum atomic E-state index is 11.0. The van der Waals surface area contributed by atoms with Crippen molar-refractivity contribution >= 4 is 43.6 Å². The van der Waals surface area contributed by atoms with Gasteiger partial charge in [-0.2, -0.15) is 5.26 Å². The first kappa shape index (κ1) is 49.6. The van der Waals surface area contributed by atoms with Crippen LogP contribution in [0.25, 0.3) is 111 Å². The van der Waals surface area contributed by atoms with Crippen LogP contribution in [0.1, 0.15) is 110 Å². The van der Waals surface area contributed by atoms with Crippen LogP contribution >= 0.6 is 0 Å². The van der Waals surface area contributed by atoms with E-state index in [1.807, 2.05) is 48.5 Å². The van der Waals surface area contributed by atoms with Crippen LogP contribution < -0.4 is 0 Å². The van der Waals surface area contributed by atoms with Gasteiger partial charge in [0, 0.05) is 60.3 Å². The molecule has 4 aliphatic rings. The maximum absolute atomic E-state index is 11.0. The molecular formula is C73H64N6. The van der Waals surface area contributed by atoms with Gasteiger partial charge in [-0.25, -0.2) is 15.0 Å². The molecule has 0 saturated heterocycles. The zero-order valence-corrected chi connectivity index (χ0v) is 47.1. The van der Waals surface area contributed by atoms with Gasteiger partial charge in [0.15, 0.2) is 17.5 Å². The summed E-state index contributed by atoms with van der Waals surface area (Å²) in [5.74, 6) is 1.78. The molecule has 0 radical (unpaired) electrons. The minimum Gasteiger partial charge on any atom is -0.309 e. The van der Waals surface area contributed by atoms with E-state index >= 15 is 0 Å². The Morgan fingerprint density at radius 1 is 0.392 bits per heavy atom. The van der Waals surface area contributed by atoms with Gasteiger partial charge in [-0.3, -0.25) is 0 Å². The lowest BCUT2D eigenvalue weighted by Gasteiger charge is -2.34. The Morgan fingerprint density at radius 2 is 0.861 bits per heavy atom. The molecule has 0 atom stereocenters. The number of fused-ring (bicyclic) bond motifs is 3. The summed E-state index contributed by atoms with van der Waals surface area (Å²) in [6, 6.07) is 70.9. The lowest BCUT2D eigenvalue weighted by atomic mass is 9.70. The largest absolute Gasteiger partial charge is 0.309 e. The van der Waals surface area contributed by atoms with Crippen molar-refractivity contribution in [3.8, 4) is 73.9 Å². The molecule has 12 aromatic rings. The van der Waals surface area contributed by atoms with Crippen LogP contribution in [0.4, 0.5) is 0 Å². The molecule has 0 aliphatic carbocycles. The van der Waals surface area contributed by atoms with Crippen molar-refractivity contribution in [3.63, 3.8) is 0 Å². The van der Waals surface area contributed by atoms with E-state index < -0.39 is 5.41 Å². The zero-order chi connectivity index (χ0) is 54.9. The smallest absolute Gasteiger partial charge is 0.164 e. The van der Waals surface area contributed by atoms with Gasteiger partial charge in [0.05, 0.1) is 45.1 Å². The Bertz CT molecular complexity index is 4450. The van der Waals surface area contributed by atoms with Gasteiger partial charge in [0.1, 0.15) is 0 Å². The summed E-state index contributed by atoms with van der Waals surface area (Å²) in [7, 11) is 0. The fraction of sp³-hybridized carbons (Fsp3) is 0.205. The summed E-state index contributed by atoms with van der Waals surface area (Å²) in [6.45, 7) is 25.7. The molecule has 0 fully saturated rings. The van der Waals surface area contributed by atoms with E-state index in [0.717, 1.165) is 72.4 Å². The average Bonchev–Trinajstić information content (AvgIpc) is 3.69.